The third kappa shape index (κ3) is 3.58. The Bertz CT molecular complexity index is 392. The lowest BCUT2D eigenvalue weighted by Crippen LogP contribution is -2.45. The zero-order valence-corrected chi connectivity index (χ0v) is 13.1. The monoisotopic (exact) mass is 275 g/mol. The minimum Gasteiger partial charge on any atom is -0.326 e. The smallest absolute Gasteiger partial charge is 0.0500 e. The molecule has 2 rings (SSSR count). The molecule has 1 aliphatic rings. The van der Waals surface area contributed by atoms with Crippen molar-refractivity contribution < 1.29 is 0 Å². The van der Waals surface area contributed by atoms with Gasteiger partial charge in [-0.25, -0.2) is 0 Å². The summed E-state index contributed by atoms with van der Waals surface area (Å²) in [6, 6.07) is 5.37. The Kier molecular flexibility index (Phi) is 5.55. The molecule has 0 aromatic carbocycles. The van der Waals surface area contributed by atoms with Crippen LogP contribution in [0.5, 0.6) is 0 Å². The molecular formula is C17H29N3. The minimum atomic E-state index is 0.180. The van der Waals surface area contributed by atoms with Crippen molar-refractivity contribution in [3.05, 3.63) is 30.1 Å². The van der Waals surface area contributed by atoms with E-state index in [0.717, 1.165) is 12.3 Å². The summed E-state index contributed by atoms with van der Waals surface area (Å²) in [4.78, 5) is 6.66. The molecule has 3 heteroatoms. The second-order valence-corrected chi connectivity index (χ2v) is 6.39. The first-order chi connectivity index (χ1) is 9.63. The lowest BCUT2D eigenvalue weighted by molar-refractivity contribution is 0.102. The van der Waals surface area contributed by atoms with Crippen molar-refractivity contribution in [2.24, 2.45) is 11.7 Å². The molecule has 2 N–H and O–H groups in total. The van der Waals surface area contributed by atoms with E-state index >= 15 is 0 Å². The molecule has 0 spiro atoms. The highest BCUT2D eigenvalue weighted by Crippen LogP contribution is 2.33. The summed E-state index contributed by atoms with van der Waals surface area (Å²) in [5.41, 5.74) is 7.73. The number of nitrogens with two attached hydrogens (primary N) is 1. The first-order valence-electron chi connectivity index (χ1n) is 8.01. The Morgan fingerprint density at radius 2 is 2.05 bits per heavy atom. The number of aromatic nitrogens is 1. The van der Waals surface area contributed by atoms with Gasteiger partial charge >= 0.3 is 0 Å². The van der Waals surface area contributed by atoms with Gasteiger partial charge in [0.1, 0.15) is 0 Å². The number of pyridine rings is 1. The van der Waals surface area contributed by atoms with Crippen LogP contribution in [0, 0.1) is 5.92 Å². The van der Waals surface area contributed by atoms with Crippen molar-refractivity contribution in [1.82, 2.24) is 9.88 Å². The lowest BCUT2D eigenvalue weighted by Gasteiger charge is -2.41. The number of rotatable bonds is 5. The quantitative estimate of drug-likeness (QED) is 0.896. The summed E-state index contributed by atoms with van der Waals surface area (Å²) in [7, 11) is 2.25. The largest absolute Gasteiger partial charge is 0.326 e. The van der Waals surface area contributed by atoms with E-state index < -0.39 is 0 Å². The molecule has 0 saturated heterocycles. The molecule has 0 amide bonds. The molecule has 1 fully saturated rings. The highest BCUT2D eigenvalue weighted by atomic mass is 15.2. The fourth-order valence-electron chi connectivity index (χ4n) is 3.57. The first-order valence-corrected chi connectivity index (χ1v) is 8.01. The van der Waals surface area contributed by atoms with Gasteiger partial charge < -0.3 is 5.73 Å². The van der Waals surface area contributed by atoms with E-state index in [1.165, 1.54) is 31.2 Å². The van der Waals surface area contributed by atoms with E-state index in [0.29, 0.717) is 12.1 Å². The minimum absolute atomic E-state index is 0.180. The van der Waals surface area contributed by atoms with Crippen molar-refractivity contribution in [2.75, 3.05) is 7.05 Å². The summed E-state index contributed by atoms with van der Waals surface area (Å²) in [6.45, 7) is 4.55. The van der Waals surface area contributed by atoms with Gasteiger partial charge in [0.05, 0.1) is 0 Å². The van der Waals surface area contributed by atoms with Gasteiger partial charge in [-0.3, -0.25) is 9.88 Å². The van der Waals surface area contributed by atoms with Crippen molar-refractivity contribution in [3.8, 4) is 0 Å². The van der Waals surface area contributed by atoms with Gasteiger partial charge in [0.25, 0.3) is 0 Å². The number of likely N-dealkylation sites (N-methyl/N-ethyl adjacent to an activating group) is 1. The van der Waals surface area contributed by atoms with Crippen molar-refractivity contribution in [2.45, 2.75) is 64.1 Å². The van der Waals surface area contributed by atoms with Gasteiger partial charge in [0.2, 0.25) is 0 Å². The van der Waals surface area contributed by atoms with Crippen molar-refractivity contribution >= 4 is 0 Å². The summed E-state index contributed by atoms with van der Waals surface area (Å²) >= 11 is 0. The van der Waals surface area contributed by atoms with Crippen LogP contribution < -0.4 is 5.73 Å². The van der Waals surface area contributed by atoms with Crippen molar-refractivity contribution in [3.63, 3.8) is 0 Å². The molecule has 0 radical (unpaired) electrons. The first kappa shape index (κ1) is 15.5. The third-order valence-corrected chi connectivity index (χ3v) is 4.85. The Labute approximate surface area is 123 Å². The zero-order chi connectivity index (χ0) is 14.5. The molecule has 112 valence electrons. The van der Waals surface area contributed by atoms with E-state index in [1.54, 1.807) is 0 Å². The van der Waals surface area contributed by atoms with Crippen LogP contribution in [0.25, 0.3) is 0 Å². The van der Waals surface area contributed by atoms with E-state index in [2.05, 4.69) is 42.9 Å². The molecule has 1 aromatic heterocycles. The highest BCUT2D eigenvalue weighted by Gasteiger charge is 2.30. The Hall–Kier alpha value is -0.930. The second-order valence-electron chi connectivity index (χ2n) is 6.39. The maximum atomic E-state index is 6.43. The maximum Gasteiger partial charge on any atom is 0.0500 e. The summed E-state index contributed by atoms with van der Waals surface area (Å²) in [5, 5.41) is 0. The molecule has 3 nitrogen and oxygen atoms in total. The molecule has 0 bridgehead atoms. The normalized spacial score (nSPS) is 26.4. The van der Waals surface area contributed by atoms with Gasteiger partial charge in [-0.15, -0.1) is 0 Å². The van der Waals surface area contributed by atoms with Crippen LogP contribution >= 0.6 is 0 Å². The van der Waals surface area contributed by atoms with Crippen LogP contribution in [0.3, 0.4) is 0 Å². The highest BCUT2D eigenvalue weighted by molar-refractivity contribution is 5.17. The van der Waals surface area contributed by atoms with Crippen LogP contribution in [-0.4, -0.2) is 29.0 Å². The fraction of sp³-hybridized carbons (Fsp3) is 0.706. The molecule has 20 heavy (non-hydrogen) atoms. The van der Waals surface area contributed by atoms with E-state index in [9.17, 15) is 0 Å². The van der Waals surface area contributed by atoms with Crippen LogP contribution in [0.2, 0.25) is 0 Å². The Balaban J connectivity index is 2.18. The summed E-state index contributed by atoms with van der Waals surface area (Å²) in [5.74, 6) is 0.840. The van der Waals surface area contributed by atoms with Crippen LogP contribution in [0.4, 0.5) is 0 Å². The van der Waals surface area contributed by atoms with Crippen LogP contribution in [-0.2, 0) is 0 Å². The number of hydrogen-bond acceptors (Lipinski definition) is 3. The van der Waals surface area contributed by atoms with Gasteiger partial charge in [0.15, 0.2) is 0 Å². The van der Waals surface area contributed by atoms with Crippen LogP contribution in [0.1, 0.15) is 57.6 Å². The summed E-state index contributed by atoms with van der Waals surface area (Å²) < 4.78 is 0. The second kappa shape index (κ2) is 7.19. The predicted octanol–water partition coefficient (Wildman–Crippen LogP) is 3.37. The molecule has 1 heterocycles. The van der Waals surface area contributed by atoms with Gasteiger partial charge in [-0.1, -0.05) is 26.7 Å². The summed E-state index contributed by atoms with van der Waals surface area (Å²) in [6.07, 6.45) is 10.1. The van der Waals surface area contributed by atoms with E-state index in [1.807, 2.05) is 12.4 Å². The maximum absolute atomic E-state index is 6.43. The Morgan fingerprint density at radius 3 is 2.65 bits per heavy atom. The SMILES string of the molecule is CCC(N)C(c1ccncc1)N(C)C1CCCC(C)C1. The molecule has 1 saturated carbocycles. The molecule has 1 aliphatic carbocycles. The van der Waals surface area contributed by atoms with Gasteiger partial charge in [0, 0.05) is 30.5 Å². The molecular weight excluding hydrogens is 246 g/mol. The molecule has 4 unspecified atom stereocenters. The topological polar surface area (TPSA) is 42.1 Å². The lowest BCUT2D eigenvalue weighted by atomic mass is 9.84. The average molecular weight is 275 g/mol. The standard InChI is InChI=1S/C17H29N3/c1-4-16(18)17(14-8-10-19-11-9-14)20(3)15-7-5-6-13(2)12-15/h8-11,13,15-17H,4-7,12,18H2,1-3H3. The Morgan fingerprint density at radius 1 is 1.35 bits per heavy atom. The zero-order valence-electron chi connectivity index (χ0n) is 13.1. The van der Waals surface area contributed by atoms with Gasteiger partial charge in [-0.2, -0.15) is 0 Å². The van der Waals surface area contributed by atoms with Gasteiger partial charge in [-0.05, 0) is 49.9 Å². The van der Waals surface area contributed by atoms with Crippen LogP contribution in [0.15, 0.2) is 24.5 Å². The molecule has 4 atom stereocenters. The number of nitrogens with zero attached hydrogens (tertiary/aromatic N) is 2. The predicted molar refractivity (Wildman–Crippen MR) is 84.4 cm³/mol. The molecule has 1 aromatic rings. The van der Waals surface area contributed by atoms with E-state index in [-0.39, 0.29) is 6.04 Å². The third-order valence-electron chi connectivity index (χ3n) is 4.85. The average Bonchev–Trinajstić information content (AvgIpc) is 2.48. The van der Waals surface area contributed by atoms with E-state index in [4.69, 9.17) is 5.73 Å². The van der Waals surface area contributed by atoms with Crippen molar-refractivity contribution in [1.29, 1.82) is 0 Å². The fourth-order valence-corrected chi connectivity index (χ4v) is 3.57. The number of hydrogen-bond donors (Lipinski definition) is 1. The molecule has 0 aliphatic heterocycles.